The van der Waals surface area contributed by atoms with Crippen molar-refractivity contribution in [2.75, 3.05) is 10.8 Å². The van der Waals surface area contributed by atoms with Crippen molar-refractivity contribution in [3.63, 3.8) is 0 Å². The summed E-state index contributed by atoms with van der Waals surface area (Å²) < 4.78 is 31.3. The molecule has 4 aromatic rings. The summed E-state index contributed by atoms with van der Waals surface area (Å²) in [5.41, 5.74) is 0.849. The van der Waals surface area contributed by atoms with E-state index in [-0.39, 0.29) is 23.0 Å². The van der Waals surface area contributed by atoms with Gasteiger partial charge in [0.15, 0.2) is 0 Å². The molecule has 0 saturated carbocycles. The third kappa shape index (κ3) is 3.89. The lowest BCUT2D eigenvalue weighted by molar-refractivity contribution is -0.119. The maximum Gasteiger partial charge on any atom is 0.335 e. The van der Waals surface area contributed by atoms with E-state index in [0.717, 1.165) is 10.1 Å². The standard InChI is InChI=1S/C26H24N4O5S/c1-17(31)27-19-14-18-8-3-5-12-23(18)29(16-19)36(34,35)21-10-7-9-20(15-21)30-25(32)22-11-4-6-13-24(22)28(2)26(30)33/h3-13,15,19H,14,16H2,1-2H3,(H,27,31). The van der Waals surface area contributed by atoms with Gasteiger partial charge in [0.2, 0.25) is 5.91 Å². The largest absolute Gasteiger partial charge is 0.351 e. The Morgan fingerprint density at radius 2 is 1.69 bits per heavy atom. The Labute approximate surface area is 207 Å². The predicted molar refractivity (Wildman–Crippen MR) is 137 cm³/mol. The summed E-state index contributed by atoms with van der Waals surface area (Å²) >= 11 is 0. The van der Waals surface area contributed by atoms with Gasteiger partial charge in [0, 0.05) is 14.0 Å². The van der Waals surface area contributed by atoms with Gasteiger partial charge >= 0.3 is 5.69 Å². The lowest BCUT2D eigenvalue weighted by Crippen LogP contribution is -2.49. The second-order valence-corrected chi connectivity index (χ2v) is 10.6. The van der Waals surface area contributed by atoms with Crippen LogP contribution in [0.2, 0.25) is 0 Å². The van der Waals surface area contributed by atoms with Crippen molar-refractivity contribution in [3.05, 3.63) is 99.2 Å². The minimum atomic E-state index is -4.10. The maximum absolute atomic E-state index is 13.9. The Morgan fingerprint density at radius 3 is 2.47 bits per heavy atom. The molecule has 1 atom stereocenters. The molecule has 1 N–H and O–H groups in total. The van der Waals surface area contributed by atoms with Crippen molar-refractivity contribution in [2.45, 2.75) is 24.3 Å². The number of carbonyl (C=O) groups excluding carboxylic acids is 1. The third-order valence-corrected chi connectivity index (χ3v) is 8.14. The molecule has 0 bridgehead atoms. The fraction of sp³-hybridized carbons (Fsp3) is 0.192. The summed E-state index contributed by atoms with van der Waals surface area (Å²) in [6, 6.07) is 19.3. The number of hydrogen-bond acceptors (Lipinski definition) is 5. The van der Waals surface area contributed by atoms with E-state index in [9.17, 15) is 22.8 Å². The van der Waals surface area contributed by atoms with Gasteiger partial charge in [0.1, 0.15) is 0 Å². The van der Waals surface area contributed by atoms with Crippen molar-refractivity contribution < 1.29 is 13.2 Å². The zero-order valence-corrected chi connectivity index (χ0v) is 20.5. The number of aromatic nitrogens is 2. The number of para-hydroxylation sites is 2. The summed E-state index contributed by atoms with van der Waals surface area (Å²) in [6.45, 7) is 1.45. The molecule has 1 aliphatic rings. The predicted octanol–water partition coefficient (Wildman–Crippen LogP) is 1.95. The molecule has 5 rings (SSSR count). The Hall–Kier alpha value is -4.18. The first-order chi connectivity index (χ1) is 17.2. The van der Waals surface area contributed by atoms with Gasteiger partial charge in [-0.15, -0.1) is 0 Å². The number of nitrogens with one attached hydrogen (secondary N) is 1. The molecular formula is C26H24N4O5S. The summed E-state index contributed by atoms with van der Waals surface area (Å²) in [6.07, 6.45) is 0.504. The molecule has 1 unspecified atom stereocenters. The number of nitrogens with zero attached hydrogens (tertiary/aromatic N) is 3. The van der Waals surface area contributed by atoms with E-state index in [1.807, 2.05) is 12.1 Å². The highest BCUT2D eigenvalue weighted by atomic mass is 32.2. The normalized spacial score (nSPS) is 15.5. The number of amides is 1. The van der Waals surface area contributed by atoms with Crippen molar-refractivity contribution in [3.8, 4) is 5.69 Å². The maximum atomic E-state index is 13.9. The topological polar surface area (TPSA) is 110 Å². The van der Waals surface area contributed by atoms with E-state index >= 15 is 0 Å². The summed E-state index contributed by atoms with van der Waals surface area (Å²) in [4.78, 5) is 37.9. The minimum absolute atomic E-state index is 0.0564. The molecule has 3 aromatic carbocycles. The van der Waals surface area contributed by atoms with Crippen LogP contribution in [0.4, 0.5) is 5.69 Å². The smallest absolute Gasteiger partial charge is 0.335 e. The first-order valence-corrected chi connectivity index (χ1v) is 12.8. The molecule has 0 spiro atoms. The molecule has 0 fully saturated rings. The first-order valence-electron chi connectivity index (χ1n) is 11.4. The molecule has 1 aromatic heterocycles. The highest BCUT2D eigenvalue weighted by molar-refractivity contribution is 7.92. The van der Waals surface area contributed by atoms with E-state index in [1.54, 1.807) is 43.4 Å². The van der Waals surface area contributed by atoms with Crippen molar-refractivity contribution >= 4 is 32.5 Å². The fourth-order valence-corrected chi connectivity index (χ4v) is 6.30. The highest BCUT2D eigenvalue weighted by Gasteiger charge is 2.33. The lowest BCUT2D eigenvalue weighted by atomic mass is 10.00. The van der Waals surface area contributed by atoms with Crippen LogP contribution in [0.25, 0.3) is 16.6 Å². The molecule has 1 amide bonds. The van der Waals surface area contributed by atoms with E-state index < -0.39 is 27.3 Å². The Bertz CT molecular complexity index is 1740. The number of fused-ring (bicyclic) bond motifs is 2. The Balaban J connectivity index is 1.64. The molecule has 184 valence electrons. The van der Waals surface area contributed by atoms with E-state index in [4.69, 9.17) is 0 Å². The highest BCUT2D eigenvalue weighted by Crippen LogP contribution is 2.32. The van der Waals surface area contributed by atoms with E-state index in [2.05, 4.69) is 5.32 Å². The van der Waals surface area contributed by atoms with Crippen LogP contribution in [-0.2, 0) is 28.3 Å². The van der Waals surface area contributed by atoms with Crippen LogP contribution in [0.3, 0.4) is 0 Å². The monoisotopic (exact) mass is 504 g/mol. The summed E-state index contributed by atoms with van der Waals surface area (Å²) in [5, 5.41) is 3.16. The Kier molecular flexibility index (Phi) is 5.76. The second kappa shape index (κ2) is 8.80. The van der Waals surface area contributed by atoms with Crippen LogP contribution >= 0.6 is 0 Å². The summed E-state index contributed by atoms with van der Waals surface area (Å²) in [7, 11) is -2.53. The molecule has 0 saturated heterocycles. The number of carbonyl (C=O) groups is 1. The number of anilines is 1. The van der Waals surface area contributed by atoms with Crippen molar-refractivity contribution in [2.24, 2.45) is 7.05 Å². The van der Waals surface area contributed by atoms with Gasteiger partial charge in [-0.3, -0.25) is 18.5 Å². The van der Waals surface area contributed by atoms with Crippen molar-refractivity contribution in [1.29, 1.82) is 0 Å². The van der Waals surface area contributed by atoms with Gasteiger partial charge < -0.3 is 5.32 Å². The van der Waals surface area contributed by atoms with Gasteiger partial charge in [-0.2, -0.15) is 0 Å². The number of hydrogen-bond donors (Lipinski definition) is 1. The third-order valence-electron chi connectivity index (χ3n) is 6.36. The average molecular weight is 505 g/mol. The second-order valence-electron chi connectivity index (χ2n) is 8.76. The average Bonchev–Trinajstić information content (AvgIpc) is 2.87. The molecule has 1 aliphatic heterocycles. The number of rotatable bonds is 4. The fourth-order valence-electron chi connectivity index (χ4n) is 4.71. The summed E-state index contributed by atoms with van der Waals surface area (Å²) in [5.74, 6) is -0.245. The van der Waals surface area contributed by atoms with Crippen molar-refractivity contribution in [1.82, 2.24) is 14.5 Å². The van der Waals surface area contributed by atoms with Gasteiger partial charge in [0.05, 0.1) is 39.8 Å². The molecule has 0 aliphatic carbocycles. The molecular weight excluding hydrogens is 480 g/mol. The number of benzene rings is 3. The van der Waals surface area contributed by atoms with Gasteiger partial charge in [-0.25, -0.2) is 17.8 Å². The van der Waals surface area contributed by atoms with Crippen LogP contribution in [0.15, 0.2) is 87.3 Å². The molecule has 10 heteroatoms. The zero-order valence-electron chi connectivity index (χ0n) is 19.7. The first kappa shape index (κ1) is 23.6. The number of sulfonamides is 1. The van der Waals surface area contributed by atoms with Gasteiger partial charge in [-0.05, 0) is 48.4 Å². The molecule has 2 heterocycles. The number of aryl methyl sites for hydroxylation is 1. The minimum Gasteiger partial charge on any atom is -0.351 e. The van der Waals surface area contributed by atoms with Crippen LogP contribution in [0.1, 0.15) is 12.5 Å². The molecule has 0 radical (unpaired) electrons. The van der Waals surface area contributed by atoms with E-state index in [1.165, 1.54) is 40.1 Å². The lowest BCUT2D eigenvalue weighted by Gasteiger charge is -2.35. The van der Waals surface area contributed by atoms with Gasteiger partial charge in [-0.1, -0.05) is 36.4 Å². The zero-order chi connectivity index (χ0) is 25.6. The van der Waals surface area contributed by atoms with Crippen LogP contribution in [-0.4, -0.2) is 36.0 Å². The van der Waals surface area contributed by atoms with Crippen LogP contribution < -0.4 is 20.9 Å². The SMILES string of the molecule is CC(=O)NC1Cc2ccccc2N(S(=O)(=O)c2cccc(-n3c(=O)c4ccccc4n(C)c3=O)c2)C1. The molecule has 9 nitrogen and oxygen atoms in total. The van der Waals surface area contributed by atoms with Crippen LogP contribution in [0, 0.1) is 0 Å². The Morgan fingerprint density at radius 1 is 0.972 bits per heavy atom. The van der Waals surface area contributed by atoms with E-state index in [0.29, 0.717) is 23.0 Å². The van der Waals surface area contributed by atoms with Crippen LogP contribution in [0.5, 0.6) is 0 Å². The quantitative estimate of drug-likeness (QED) is 0.457. The molecule has 36 heavy (non-hydrogen) atoms. The van der Waals surface area contributed by atoms with Gasteiger partial charge in [0.25, 0.3) is 15.6 Å².